The molecule has 1 saturated carbocycles. The van der Waals surface area contributed by atoms with E-state index in [1.807, 2.05) is 17.7 Å². The molecule has 1 amide bonds. The smallest absolute Gasteiger partial charge is 0.253 e. The summed E-state index contributed by atoms with van der Waals surface area (Å²) in [6.07, 6.45) is 5.74. The van der Waals surface area contributed by atoms with Gasteiger partial charge in [-0.2, -0.15) is 5.10 Å². The second kappa shape index (κ2) is 6.89. The molecule has 6 heteroatoms. The van der Waals surface area contributed by atoms with Crippen LogP contribution in [0.25, 0.3) is 11.0 Å². The summed E-state index contributed by atoms with van der Waals surface area (Å²) in [5.74, 6) is 0.132. The largest absolute Gasteiger partial charge is 0.391 e. The highest BCUT2D eigenvalue weighted by atomic mass is 16.3. The predicted molar refractivity (Wildman–Crippen MR) is 92.9 cm³/mol. The van der Waals surface area contributed by atoms with Crippen molar-refractivity contribution in [1.82, 2.24) is 20.1 Å². The fraction of sp³-hybridized carbons (Fsp3) is 0.611. The molecule has 6 nitrogen and oxygen atoms in total. The average molecular weight is 330 g/mol. The van der Waals surface area contributed by atoms with Crippen LogP contribution in [-0.4, -0.2) is 38.4 Å². The lowest BCUT2D eigenvalue weighted by atomic mass is 10.0. The molecule has 1 aliphatic rings. The van der Waals surface area contributed by atoms with Crippen LogP contribution in [0.5, 0.6) is 0 Å². The molecule has 0 spiro atoms. The quantitative estimate of drug-likeness (QED) is 0.883. The summed E-state index contributed by atoms with van der Waals surface area (Å²) in [6, 6.07) is 2.05. The number of nitrogens with one attached hydrogen (secondary N) is 1. The van der Waals surface area contributed by atoms with Crippen molar-refractivity contribution < 1.29 is 9.90 Å². The van der Waals surface area contributed by atoms with Gasteiger partial charge in [0.1, 0.15) is 0 Å². The van der Waals surface area contributed by atoms with Gasteiger partial charge in [0.2, 0.25) is 0 Å². The normalized spacial score (nSPS) is 16.9. The first kappa shape index (κ1) is 16.9. The van der Waals surface area contributed by atoms with Crippen molar-refractivity contribution in [3.8, 4) is 0 Å². The van der Waals surface area contributed by atoms with Crippen LogP contribution in [0.1, 0.15) is 61.6 Å². The summed E-state index contributed by atoms with van der Waals surface area (Å²) < 4.78 is 1.86. The molecular formula is C18H26N4O2. The first-order valence-electron chi connectivity index (χ1n) is 8.78. The lowest BCUT2D eigenvalue weighted by Gasteiger charge is -2.18. The first-order valence-corrected chi connectivity index (χ1v) is 8.78. The minimum atomic E-state index is -0.461. The molecular weight excluding hydrogens is 304 g/mol. The third-order valence-corrected chi connectivity index (χ3v) is 4.91. The van der Waals surface area contributed by atoms with Gasteiger partial charge in [-0.05, 0) is 45.6 Å². The third-order valence-electron chi connectivity index (χ3n) is 4.91. The number of rotatable bonds is 5. The van der Waals surface area contributed by atoms with Crippen LogP contribution < -0.4 is 5.32 Å². The zero-order valence-electron chi connectivity index (χ0n) is 14.6. The molecule has 2 N–H and O–H groups in total. The minimum Gasteiger partial charge on any atom is -0.391 e. The molecule has 0 radical (unpaired) electrons. The van der Waals surface area contributed by atoms with Gasteiger partial charge in [-0.25, -0.2) is 9.67 Å². The van der Waals surface area contributed by atoms with Crippen LogP contribution in [0.2, 0.25) is 0 Å². The van der Waals surface area contributed by atoms with Crippen molar-refractivity contribution in [3.63, 3.8) is 0 Å². The van der Waals surface area contributed by atoms with Gasteiger partial charge in [0.15, 0.2) is 5.65 Å². The Bertz CT molecular complexity index is 732. The lowest BCUT2D eigenvalue weighted by molar-refractivity contribution is 0.0840. The van der Waals surface area contributed by atoms with Gasteiger partial charge in [-0.15, -0.1) is 0 Å². The topological polar surface area (TPSA) is 80.0 Å². The SMILES string of the molecule is Cc1nc2c(cnn2C(C)C)cc1C(=O)NCC(O)C1CCCC1. The van der Waals surface area contributed by atoms with Crippen molar-refractivity contribution in [2.75, 3.05) is 6.54 Å². The van der Waals surface area contributed by atoms with E-state index in [1.165, 1.54) is 12.8 Å². The first-order chi connectivity index (χ1) is 11.5. The van der Waals surface area contributed by atoms with Crippen LogP contribution in [0, 0.1) is 12.8 Å². The van der Waals surface area contributed by atoms with E-state index in [-0.39, 0.29) is 11.9 Å². The number of aryl methyl sites for hydroxylation is 1. The summed E-state index contributed by atoms with van der Waals surface area (Å²) in [5.41, 5.74) is 2.02. The van der Waals surface area contributed by atoms with Gasteiger partial charge in [0.25, 0.3) is 5.91 Å². The molecule has 1 fully saturated rings. The standard InChI is InChI=1S/C18H26N4O2/c1-11(2)22-17-14(9-20-22)8-15(12(3)21-17)18(24)19-10-16(23)13-6-4-5-7-13/h8-9,11,13,16,23H,4-7,10H2,1-3H3,(H,19,24). The number of aliphatic hydroxyl groups excluding tert-OH is 1. The second-order valence-corrected chi connectivity index (χ2v) is 7.04. The number of amides is 1. The lowest BCUT2D eigenvalue weighted by Crippen LogP contribution is -2.36. The van der Waals surface area contributed by atoms with Crippen molar-refractivity contribution in [1.29, 1.82) is 0 Å². The predicted octanol–water partition coefficient (Wildman–Crippen LogP) is 2.60. The molecule has 1 atom stereocenters. The summed E-state index contributed by atoms with van der Waals surface area (Å²) in [5, 5.41) is 18.3. The number of pyridine rings is 1. The van der Waals surface area contributed by atoms with Gasteiger partial charge in [0.05, 0.1) is 23.6 Å². The Morgan fingerprint density at radius 1 is 1.42 bits per heavy atom. The van der Waals surface area contributed by atoms with E-state index < -0.39 is 6.10 Å². The Balaban J connectivity index is 1.73. The van der Waals surface area contributed by atoms with E-state index in [2.05, 4.69) is 29.2 Å². The Morgan fingerprint density at radius 2 is 2.12 bits per heavy atom. The number of carbonyl (C=O) groups excluding carboxylic acids is 1. The highest BCUT2D eigenvalue weighted by Gasteiger charge is 2.24. The molecule has 0 saturated heterocycles. The molecule has 3 rings (SSSR count). The summed E-state index contributed by atoms with van der Waals surface area (Å²) >= 11 is 0. The molecule has 2 aromatic heterocycles. The van der Waals surface area contributed by atoms with Gasteiger partial charge < -0.3 is 10.4 Å². The number of hydrogen-bond acceptors (Lipinski definition) is 4. The molecule has 1 unspecified atom stereocenters. The maximum atomic E-state index is 12.5. The maximum Gasteiger partial charge on any atom is 0.253 e. The van der Waals surface area contributed by atoms with Gasteiger partial charge in [-0.3, -0.25) is 4.79 Å². The van der Waals surface area contributed by atoms with E-state index in [0.29, 0.717) is 23.7 Å². The Hall–Kier alpha value is -1.95. The Kier molecular flexibility index (Phi) is 4.85. The molecule has 0 aliphatic heterocycles. The van der Waals surface area contributed by atoms with E-state index in [9.17, 15) is 9.90 Å². The van der Waals surface area contributed by atoms with Gasteiger partial charge >= 0.3 is 0 Å². The van der Waals surface area contributed by atoms with Crippen molar-refractivity contribution in [2.24, 2.45) is 5.92 Å². The summed E-state index contributed by atoms with van der Waals surface area (Å²) in [4.78, 5) is 17.0. The molecule has 2 aromatic rings. The fourth-order valence-electron chi connectivity index (χ4n) is 3.47. The van der Waals surface area contributed by atoms with Gasteiger partial charge in [0, 0.05) is 18.0 Å². The average Bonchev–Trinajstić information content (AvgIpc) is 3.20. The number of aromatic nitrogens is 3. The van der Waals surface area contributed by atoms with Crippen LogP contribution in [-0.2, 0) is 0 Å². The number of carbonyl (C=O) groups is 1. The number of nitrogens with zero attached hydrogens (tertiary/aromatic N) is 3. The molecule has 0 aromatic carbocycles. The molecule has 24 heavy (non-hydrogen) atoms. The van der Waals surface area contributed by atoms with E-state index in [4.69, 9.17) is 0 Å². The summed E-state index contributed by atoms with van der Waals surface area (Å²) in [7, 11) is 0. The fourth-order valence-corrected chi connectivity index (χ4v) is 3.47. The monoisotopic (exact) mass is 330 g/mol. The van der Waals surface area contributed by atoms with Crippen molar-refractivity contribution in [3.05, 3.63) is 23.5 Å². The number of hydrogen-bond donors (Lipinski definition) is 2. The Labute approximate surface area is 142 Å². The second-order valence-electron chi connectivity index (χ2n) is 7.04. The zero-order valence-corrected chi connectivity index (χ0v) is 14.6. The van der Waals surface area contributed by atoms with Crippen LogP contribution in [0.4, 0.5) is 0 Å². The van der Waals surface area contributed by atoms with Crippen molar-refractivity contribution in [2.45, 2.75) is 58.6 Å². The van der Waals surface area contributed by atoms with Crippen LogP contribution in [0.3, 0.4) is 0 Å². The number of aliphatic hydroxyl groups is 1. The van der Waals surface area contributed by atoms with E-state index >= 15 is 0 Å². The van der Waals surface area contributed by atoms with Gasteiger partial charge in [-0.1, -0.05) is 12.8 Å². The third kappa shape index (κ3) is 3.29. The van der Waals surface area contributed by atoms with Crippen LogP contribution in [0.15, 0.2) is 12.3 Å². The van der Waals surface area contributed by atoms with Crippen LogP contribution >= 0.6 is 0 Å². The highest BCUT2D eigenvalue weighted by molar-refractivity contribution is 5.98. The van der Waals surface area contributed by atoms with E-state index in [1.54, 1.807) is 6.20 Å². The molecule has 130 valence electrons. The molecule has 0 bridgehead atoms. The molecule has 1 aliphatic carbocycles. The van der Waals surface area contributed by atoms with E-state index in [0.717, 1.165) is 23.9 Å². The minimum absolute atomic E-state index is 0.184. The summed E-state index contributed by atoms with van der Waals surface area (Å²) in [6.45, 7) is 6.23. The zero-order chi connectivity index (χ0) is 17.3. The molecule has 2 heterocycles. The Morgan fingerprint density at radius 3 is 2.79 bits per heavy atom. The maximum absolute atomic E-state index is 12.5. The highest BCUT2D eigenvalue weighted by Crippen LogP contribution is 2.27. The number of fused-ring (bicyclic) bond motifs is 1. The van der Waals surface area contributed by atoms with Crippen molar-refractivity contribution >= 4 is 16.9 Å².